The van der Waals surface area contributed by atoms with Crippen LogP contribution in [-0.2, 0) is 13.1 Å². The lowest BCUT2D eigenvalue weighted by atomic mass is 10.2. The molecule has 1 N–H and O–H groups in total. The molecular formula is C14H16BrN3O. The average molecular weight is 322 g/mol. The fourth-order valence-corrected chi connectivity index (χ4v) is 2.34. The van der Waals surface area contributed by atoms with Crippen molar-refractivity contribution in [1.82, 2.24) is 15.1 Å². The predicted molar refractivity (Wildman–Crippen MR) is 78.0 cm³/mol. The Kier molecular flexibility index (Phi) is 4.37. The Morgan fingerprint density at radius 3 is 2.89 bits per heavy atom. The fourth-order valence-electron chi connectivity index (χ4n) is 1.89. The van der Waals surface area contributed by atoms with E-state index in [1.54, 1.807) is 10.7 Å². The smallest absolute Gasteiger partial charge is 0.269 e. The maximum Gasteiger partial charge on any atom is 0.269 e. The van der Waals surface area contributed by atoms with Crippen LogP contribution in [0.15, 0.2) is 34.8 Å². The van der Waals surface area contributed by atoms with Crippen LogP contribution in [0.1, 0.15) is 28.7 Å². The normalized spacial score (nSPS) is 10.5. The highest BCUT2D eigenvalue weighted by atomic mass is 79.9. The summed E-state index contributed by atoms with van der Waals surface area (Å²) in [6.45, 7) is 5.05. The molecule has 0 aliphatic rings. The number of aromatic nitrogens is 2. The fraction of sp³-hybridized carbons (Fsp3) is 0.286. The van der Waals surface area contributed by atoms with Gasteiger partial charge < -0.3 is 5.32 Å². The van der Waals surface area contributed by atoms with Crippen molar-refractivity contribution in [2.75, 3.05) is 0 Å². The first-order valence-corrected chi connectivity index (χ1v) is 6.96. The van der Waals surface area contributed by atoms with Crippen molar-refractivity contribution < 1.29 is 4.79 Å². The molecule has 0 spiro atoms. The van der Waals surface area contributed by atoms with Crippen LogP contribution >= 0.6 is 15.9 Å². The molecule has 2 rings (SSSR count). The zero-order valence-corrected chi connectivity index (χ0v) is 12.6. The van der Waals surface area contributed by atoms with E-state index >= 15 is 0 Å². The molecule has 0 radical (unpaired) electrons. The Labute approximate surface area is 120 Å². The number of carbonyl (C=O) groups excluding carboxylic acids is 1. The number of amides is 1. The van der Waals surface area contributed by atoms with Gasteiger partial charge in [0.15, 0.2) is 0 Å². The molecule has 0 aliphatic carbocycles. The molecule has 0 bridgehead atoms. The van der Waals surface area contributed by atoms with Gasteiger partial charge in [-0.15, -0.1) is 0 Å². The van der Waals surface area contributed by atoms with Gasteiger partial charge in [0.1, 0.15) is 5.69 Å². The number of rotatable bonds is 4. The van der Waals surface area contributed by atoms with Gasteiger partial charge in [-0.3, -0.25) is 9.48 Å². The third kappa shape index (κ3) is 3.44. The van der Waals surface area contributed by atoms with E-state index in [4.69, 9.17) is 0 Å². The standard InChI is InChI=1S/C14H16BrN3O/c1-3-18-13(7-10(2)17-18)14(19)16-9-11-5-4-6-12(15)8-11/h4-8H,3,9H2,1-2H3,(H,16,19). The SMILES string of the molecule is CCn1nc(C)cc1C(=O)NCc1cccc(Br)c1. The van der Waals surface area contributed by atoms with E-state index in [-0.39, 0.29) is 5.91 Å². The van der Waals surface area contributed by atoms with E-state index < -0.39 is 0 Å². The topological polar surface area (TPSA) is 46.9 Å². The molecule has 0 fully saturated rings. The van der Waals surface area contributed by atoms with Crippen LogP contribution in [0.25, 0.3) is 0 Å². The first-order valence-electron chi connectivity index (χ1n) is 6.17. The molecule has 1 heterocycles. The number of hydrogen-bond acceptors (Lipinski definition) is 2. The van der Waals surface area contributed by atoms with Crippen LogP contribution in [0.2, 0.25) is 0 Å². The van der Waals surface area contributed by atoms with E-state index in [9.17, 15) is 4.79 Å². The third-order valence-corrected chi connectivity index (χ3v) is 3.27. The van der Waals surface area contributed by atoms with Crippen LogP contribution in [0.4, 0.5) is 0 Å². The minimum atomic E-state index is -0.0950. The van der Waals surface area contributed by atoms with Gasteiger partial charge in [0, 0.05) is 17.6 Å². The molecule has 0 atom stereocenters. The Morgan fingerprint density at radius 2 is 2.21 bits per heavy atom. The van der Waals surface area contributed by atoms with Gasteiger partial charge in [-0.2, -0.15) is 5.10 Å². The molecule has 0 aliphatic heterocycles. The van der Waals surface area contributed by atoms with E-state index in [0.29, 0.717) is 18.8 Å². The summed E-state index contributed by atoms with van der Waals surface area (Å²) in [6, 6.07) is 9.68. The molecule has 19 heavy (non-hydrogen) atoms. The molecule has 0 saturated heterocycles. The van der Waals surface area contributed by atoms with Crippen LogP contribution in [-0.4, -0.2) is 15.7 Å². The average Bonchev–Trinajstić information content (AvgIpc) is 2.77. The van der Waals surface area contributed by atoms with Crippen LogP contribution < -0.4 is 5.32 Å². The molecule has 0 saturated carbocycles. The second kappa shape index (κ2) is 6.02. The highest BCUT2D eigenvalue weighted by Crippen LogP contribution is 2.11. The summed E-state index contributed by atoms with van der Waals surface area (Å²) < 4.78 is 2.72. The zero-order chi connectivity index (χ0) is 13.8. The van der Waals surface area contributed by atoms with Gasteiger partial charge >= 0.3 is 0 Å². The van der Waals surface area contributed by atoms with Crippen molar-refractivity contribution in [2.24, 2.45) is 0 Å². The van der Waals surface area contributed by atoms with E-state index in [1.807, 2.05) is 38.1 Å². The second-order valence-corrected chi connectivity index (χ2v) is 5.21. The summed E-state index contributed by atoms with van der Waals surface area (Å²) in [7, 11) is 0. The Balaban J connectivity index is 2.05. The molecule has 1 aromatic carbocycles. The summed E-state index contributed by atoms with van der Waals surface area (Å²) in [5.74, 6) is -0.0950. The molecule has 1 aromatic heterocycles. The lowest BCUT2D eigenvalue weighted by Gasteiger charge is -2.07. The summed E-state index contributed by atoms with van der Waals surface area (Å²) in [4.78, 5) is 12.1. The van der Waals surface area contributed by atoms with Crippen molar-refractivity contribution in [3.8, 4) is 0 Å². The van der Waals surface area contributed by atoms with Gasteiger partial charge in [0.25, 0.3) is 5.91 Å². The molecule has 5 heteroatoms. The van der Waals surface area contributed by atoms with Gasteiger partial charge in [-0.05, 0) is 37.6 Å². The van der Waals surface area contributed by atoms with Crippen LogP contribution in [0, 0.1) is 6.92 Å². The van der Waals surface area contributed by atoms with Crippen molar-refractivity contribution in [2.45, 2.75) is 26.9 Å². The van der Waals surface area contributed by atoms with Crippen LogP contribution in [0.5, 0.6) is 0 Å². The number of halogens is 1. The molecule has 2 aromatic rings. The van der Waals surface area contributed by atoms with Crippen molar-refractivity contribution >= 4 is 21.8 Å². The molecule has 0 unspecified atom stereocenters. The Morgan fingerprint density at radius 1 is 1.42 bits per heavy atom. The number of nitrogens with one attached hydrogen (secondary N) is 1. The lowest BCUT2D eigenvalue weighted by molar-refractivity contribution is 0.0940. The van der Waals surface area contributed by atoms with Crippen LogP contribution in [0.3, 0.4) is 0 Å². The Hall–Kier alpha value is -1.62. The second-order valence-electron chi connectivity index (χ2n) is 4.30. The minimum Gasteiger partial charge on any atom is -0.347 e. The first kappa shape index (κ1) is 13.8. The zero-order valence-electron chi connectivity index (χ0n) is 11.0. The maximum absolute atomic E-state index is 12.1. The van der Waals surface area contributed by atoms with Gasteiger partial charge in [-0.25, -0.2) is 0 Å². The number of aryl methyl sites for hydroxylation is 2. The highest BCUT2D eigenvalue weighted by Gasteiger charge is 2.12. The molecule has 100 valence electrons. The lowest BCUT2D eigenvalue weighted by Crippen LogP contribution is -2.25. The Bertz CT molecular complexity index is 592. The summed E-state index contributed by atoms with van der Waals surface area (Å²) in [6.07, 6.45) is 0. The van der Waals surface area contributed by atoms with Crippen molar-refractivity contribution in [1.29, 1.82) is 0 Å². The number of carbonyl (C=O) groups is 1. The summed E-state index contributed by atoms with van der Waals surface area (Å²) >= 11 is 3.41. The van der Waals surface area contributed by atoms with Crippen molar-refractivity contribution in [3.05, 3.63) is 51.8 Å². The largest absolute Gasteiger partial charge is 0.347 e. The monoisotopic (exact) mass is 321 g/mol. The summed E-state index contributed by atoms with van der Waals surface area (Å²) in [5, 5.41) is 7.18. The maximum atomic E-state index is 12.1. The molecule has 1 amide bonds. The van der Waals surface area contributed by atoms with Gasteiger partial charge in [0.2, 0.25) is 0 Å². The molecule has 4 nitrogen and oxygen atoms in total. The summed E-state index contributed by atoms with van der Waals surface area (Å²) in [5.41, 5.74) is 2.52. The predicted octanol–water partition coefficient (Wildman–Crippen LogP) is 2.90. The minimum absolute atomic E-state index is 0.0950. The first-order chi connectivity index (χ1) is 9.10. The number of nitrogens with zero attached hydrogens (tertiary/aromatic N) is 2. The van der Waals surface area contributed by atoms with E-state index in [1.165, 1.54) is 0 Å². The van der Waals surface area contributed by atoms with Gasteiger partial charge in [-0.1, -0.05) is 28.1 Å². The highest BCUT2D eigenvalue weighted by molar-refractivity contribution is 9.10. The van der Waals surface area contributed by atoms with Crippen molar-refractivity contribution in [3.63, 3.8) is 0 Å². The molecular weight excluding hydrogens is 306 g/mol. The number of hydrogen-bond donors (Lipinski definition) is 1. The quantitative estimate of drug-likeness (QED) is 0.941. The number of benzene rings is 1. The van der Waals surface area contributed by atoms with E-state index in [0.717, 1.165) is 15.7 Å². The van der Waals surface area contributed by atoms with E-state index in [2.05, 4.69) is 26.3 Å². The third-order valence-electron chi connectivity index (χ3n) is 2.78. The van der Waals surface area contributed by atoms with Gasteiger partial charge in [0.05, 0.1) is 5.69 Å².